The van der Waals surface area contributed by atoms with Crippen molar-refractivity contribution in [2.75, 3.05) is 23.7 Å². The van der Waals surface area contributed by atoms with E-state index in [-0.39, 0.29) is 5.91 Å². The number of rotatable bonds is 2. The van der Waals surface area contributed by atoms with Crippen LogP contribution in [0.1, 0.15) is 0 Å². The highest BCUT2D eigenvalue weighted by molar-refractivity contribution is 9.10. The summed E-state index contributed by atoms with van der Waals surface area (Å²) < 4.78 is 0.950. The smallest absolute Gasteiger partial charge is 0.237 e. The lowest BCUT2D eigenvalue weighted by Crippen LogP contribution is -2.45. The van der Waals surface area contributed by atoms with Gasteiger partial charge in [-0.05, 0) is 28.1 Å². The molecule has 2 rings (SSSR count). The lowest BCUT2D eigenvalue weighted by Gasteiger charge is -2.32. The topological polar surface area (TPSA) is 46.3 Å². The first-order valence-corrected chi connectivity index (χ1v) is 6.93. The summed E-state index contributed by atoms with van der Waals surface area (Å²) in [6.45, 7) is 1.31. The van der Waals surface area contributed by atoms with Gasteiger partial charge < -0.3 is 10.6 Å². The number of hydrogen-bond donors (Lipinski definition) is 1. The Bertz CT molecular complexity index is 399. The van der Waals surface area contributed by atoms with E-state index in [4.69, 9.17) is 5.73 Å². The Balaban J connectivity index is 2.25. The van der Waals surface area contributed by atoms with Crippen molar-refractivity contribution in [2.45, 2.75) is 5.25 Å². The minimum absolute atomic E-state index is 0.154. The molecule has 1 atom stereocenters. The predicted octanol–water partition coefficient (Wildman–Crippen LogP) is 1.86. The molecule has 0 bridgehead atoms. The maximum atomic E-state index is 11.9. The van der Waals surface area contributed by atoms with Gasteiger partial charge in [0.25, 0.3) is 0 Å². The first-order valence-electron chi connectivity index (χ1n) is 5.09. The molecule has 1 heterocycles. The van der Waals surface area contributed by atoms with Gasteiger partial charge in [-0.2, -0.15) is 0 Å². The first-order chi connectivity index (χ1) is 7.72. The number of halogens is 1. The van der Waals surface area contributed by atoms with Crippen LogP contribution in [0.15, 0.2) is 28.7 Å². The summed E-state index contributed by atoms with van der Waals surface area (Å²) in [4.78, 5) is 13.7. The lowest BCUT2D eigenvalue weighted by atomic mass is 10.2. The first kappa shape index (κ1) is 12.0. The summed E-state index contributed by atoms with van der Waals surface area (Å²) in [5.41, 5.74) is 6.59. The van der Waals surface area contributed by atoms with E-state index in [0.29, 0.717) is 24.1 Å². The van der Waals surface area contributed by atoms with Crippen LogP contribution in [0, 0.1) is 0 Å². The fourth-order valence-corrected chi connectivity index (χ4v) is 3.09. The monoisotopic (exact) mass is 300 g/mol. The van der Waals surface area contributed by atoms with Gasteiger partial charge in [-0.25, -0.2) is 0 Å². The number of carbonyl (C=O) groups excluding carboxylic acids is 1. The van der Waals surface area contributed by atoms with Gasteiger partial charge in [0.05, 0.1) is 11.4 Å². The molecule has 0 aliphatic carbocycles. The highest BCUT2D eigenvalue weighted by atomic mass is 79.9. The van der Waals surface area contributed by atoms with E-state index in [1.54, 1.807) is 11.8 Å². The average molecular weight is 301 g/mol. The zero-order chi connectivity index (χ0) is 11.5. The van der Waals surface area contributed by atoms with Crippen molar-refractivity contribution in [1.29, 1.82) is 0 Å². The predicted molar refractivity (Wildman–Crippen MR) is 71.8 cm³/mol. The second-order valence-electron chi connectivity index (χ2n) is 3.62. The van der Waals surface area contributed by atoms with Crippen LogP contribution < -0.4 is 10.6 Å². The molecule has 0 spiro atoms. The SMILES string of the molecule is NCC1CN(c2ccccc2Br)C(=O)CS1. The summed E-state index contributed by atoms with van der Waals surface area (Å²) in [5.74, 6) is 0.671. The maximum absolute atomic E-state index is 11.9. The van der Waals surface area contributed by atoms with Gasteiger partial charge in [0, 0.05) is 22.8 Å². The number of anilines is 1. The number of amides is 1. The maximum Gasteiger partial charge on any atom is 0.237 e. The molecule has 1 unspecified atom stereocenters. The van der Waals surface area contributed by atoms with E-state index in [9.17, 15) is 4.79 Å². The molecule has 0 saturated carbocycles. The van der Waals surface area contributed by atoms with Crippen LogP contribution in [0.3, 0.4) is 0 Å². The minimum Gasteiger partial charge on any atom is -0.329 e. The van der Waals surface area contributed by atoms with Gasteiger partial charge in [0.15, 0.2) is 0 Å². The molecule has 1 saturated heterocycles. The van der Waals surface area contributed by atoms with E-state index in [1.807, 2.05) is 29.2 Å². The number of thioether (sulfide) groups is 1. The third-order valence-electron chi connectivity index (χ3n) is 2.54. The number of carbonyl (C=O) groups is 1. The Morgan fingerprint density at radius 3 is 2.94 bits per heavy atom. The molecule has 2 N–H and O–H groups in total. The Kier molecular flexibility index (Phi) is 3.89. The Morgan fingerprint density at radius 2 is 2.25 bits per heavy atom. The largest absolute Gasteiger partial charge is 0.329 e. The van der Waals surface area contributed by atoms with Gasteiger partial charge in [0.2, 0.25) is 5.91 Å². The molecule has 3 nitrogen and oxygen atoms in total. The summed E-state index contributed by atoms with van der Waals surface area (Å²) in [6, 6.07) is 7.77. The second kappa shape index (κ2) is 5.21. The van der Waals surface area contributed by atoms with E-state index in [0.717, 1.165) is 10.2 Å². The van der Waals surface area contributed by atoms with Crippen LogP contribution >= 0.6 is 27.7 Å². The van der Waals surface area contributed by atoms with E-state index in [1.165, 1.54) is 0 Å². The fraction of sp³-hybridized carbons (Fsp3) is 0.364. The van der Waals surface area contributed by atoms with Gasteiger partial charge in [-0.1, -0.05) is 12.1 Å². The molecule has 1 amide bonds. The molecular formula is C11H13BrN2OS. The molecular weight excluding hydrogens is 288 g/mol. The number of para-hydroxylation sites is 1. The minimum atomic E-state index is 0.154. The Labute approximate surface area is 108 Å². The Morgan fingerprint density at radius 1 is 1.50 bits per heavy atom. The van der Waals surface area contributed by atoms with Crippen molar-refractivity contribution in [3.05, 3.63) is 28.7 Å². The van der Waals surface area contributed by atoms with Gasteiger partial charge in [-0.3, -0.25) is 4.79 Å². The highest BCUT2D eigenvalue weighted by Gasteiger charge is 2.27. The normalized spacial score (nSPS) is 21.2. The van der Waals surface area contributed by atoms with Crippen molar-refractivity contribution in [2.24, 2.45) is 5.73 Å². The van der Waals surface area contributed by atoms with Gasteiger partial charge in [-0.15, -0.1) is 11.8 Å². The van der Waals surface area contributed by atoms with Crippen LogP contribution in [-0.2, 0) is 4.79 Å². The van der Waals surface area contributed by atoms with Gasteiger partial charge >= 0.3 is 0 Å². The molecule has 1 aromatic rings. The zero-order valence-electron chi connectivity index (χ0n) is 8.73. The molecule has 0 aromatic heterocycles. The summed E-state index contributed by atoms with van der Waals surface area (Å²) in [7, 11) is 0. The highest BCUT2D eigenvalue weighted by Crippen LogP contribution is 2.30. The zero-order valence-corrected chi connectivity index (χ0v) is 11.1. The molecule has 0 radical (unpaired) electrons. The third-order valence-corrected chi connectivity index (χ3v) is 4.43. The molecule has 1 aromatic carbocycles. The molecule has 1 aliphatic rings. The van der Waals surface area contributed by atoms with Crippen molar-refractivity contribution in [1.82, 2.24) is 0 Å². The van der Waals surface area contributed by atoms with Crippen molar-refractivity contribution in [3.8, 4) is 0 Å². The van der Waals surface area contributed by atoms with Crippen molar-refractivity contribution in [3.63, 3.8) is 0 Å². The number of benzene rings is 1. The van der Waals surface area contributed by atoms with Crippen LogP contribution in [-0.4, -0.2) is 30.0 Å². The second-order valence-corrected chi connectivity index (χ2v) is 5.77. The van der Waals surface area contributed by atoms with Crippen LogP contribution in [0.25, 0.3) is 0 Å². The molecule has 86 valence electrons. The number of hydrogen-bond acceptors (Lipinski definition) is 3. The third kappa shape index (κ3) is 2.42. The molecule has 1 aliphatic heterocycles. The van der Waals surface area contributed by atoms with Crippen molar-refractivity contribution >= 4 is 39.3 Å². The average Bonchev–Trinajstić information content (AvgIpc) is 2.31. The fourth-order valence-electron chi connectivity index (χ4n) is 1.67. The van der Waals surface area contributed by atoms with Crippen LogP contribution in [0.5, 0.6) is 0 Å². The lowest BCUT2D eigenvalue weighted by molar-refractivity contribution is -0.116. The molecule has 5 heteroatoms. The molecule has 1 fully saturated rings. The van der Waals surface area contributed by atoms with Crippen LogP contribution in [0.4, 0.5) is 5.69 Å². The van der Waals surface area contributed by atoms with E-state index >= 15 is 0 Å². The van der Waals surface area contributed by atoms with Crippen molar-refractivity contribution < 1.29 is 4.79 Å². The standard InChI is InChI=1S/C11H13BrN2OS/c12-9-3-1-2-4-10(9)14-6-8(5-13)16-7-11(14)15/h1-4,8H,5-7,13H2. The quantitative estimate of drug-likeness (QED) is 0.907. The number of nitrogens with two attached hydrogens (primary N) is 1. The summed E-state index contributed by atoms with van der Waals surface area (Å²) >= 11 is 5.11. The Hall–Kier alpha value is -0.520. The number of nitrogens with zero attached hydrogens (tertiary/aromatic N) is 1. The molecule has 16 heavy (non-hydrogen) atoms. The van der Waals surface area contributed by atoms with E-state index in [2.05, 4.69) is 15.9 Å². The van der Waals surface area contributed by atoms with Gasteiger partial charge in [0.1, 0.15) is 0 Å². The van der Waals surface area contributed by atoms with E-state index < -0.39 is 0 Å². The van der Waals surface area contributed by atoms with Crippen LogP contribution in [0.2, 0.25) is 0 Å². The summed E-state index contributed by atoms with van der Waals surface area (Å²) in [6.07, 6.45) is 0. The summed E-state index contributed by atoms with van der Waals surface area (Å²) in [5, 5.41) is 0.338.